The minimum Gasteiger partial charge on any atom is -0.493 e. The molecule has 0 radical (unpaired) electrons. The third-order valence-corrected chi connectivity index (χ3v) is 5.65. The lowest BCUT2D eigenvalue weighted by Crippen LogP contribution is -2.13. The van der Waals surface area contributed by atoms with Crippen molar-refractivity contribution in [3.05, 3.63) is 83.4 Å². The minimum atomic E-state index is -1.14. The number of benzene rings is 3. The molecule has 3 aromatic carbocycles. The van der Waals surface area contributed by atoms with E-state index in [1.165, 1.54) is 17.7 Å². The van der Waals surface area contributed by atoms with Gasteiger partial charge in [0.15, 0.2) is 11.5 Å². The number of amides is 1. The first-order chi connectivity index (χ1) is 17.0. The number of nitrogen functional groups attached to an aromatic ring is 1. The highest BCUT2D eigenvalue weighted by molar-refractivity contribution is 5.97. The Bertz CT molecular complexity index is 1130. The molecule has 0 atom stereocenters. The average Bonchev–Trinajstić information content (AvgIpc) is 2.86. The van der Waals surface area contributed by atoms with Crippen LogP contribution in [0.4, 0.5) is 11.4 Å². The molecule has 7 heteroatoms. The first-order valence-corrected chi connectivity index (χ1v) is 11.7. The van der Waals surface area contributed by atoms with E-state index >= 15 is 0 Å². The number of ether oxygens (including phenoxy) is 2. The van der Waals surface area contributed by atoms with Crippen LogP contribution in [-0.4, -0.2) is 30.7 Å². The van der Waals surface area contributed by atoms with E-state index in [-0.39, 0.29) is 23.6 Å². The summed E-state index contributed by atoms with van der Waals surface area (Å²) in [5.74, 6) is -0.0373. The standard InChI is InChI=1S/C28H32N2O5/c1-34-26-18-21(12-16-27(31)30-22-13-14-24(29)23(19-22)28(32)33)11-15-25(26)35-17-7-3-6-10-20-8-4-2-5-9-20/h2,4-5,8-9,11,13-15,18-19H,3,6-7,10,12,16-17,29H2,1H3,(H,30,31)(H,32,33). The summed E-state index contributed by atoms with van der Waals surface area (Å²) in [6.45, 7) is 0.618. The van der Waals surface area contributed by atoms with Gasteiger partial charge in [0.05, 0.1) is 19.3 Å². The molecule has 0 saturated carbocycles. The number of aryl methyl sites for hydroxylation is 2. The van der Waals surface area contributed by atoms with Gasteiger partial charge in [-0.15, -0.1) is 0 Å². The fourth-order valence-corrected chi connectivity index (χ4v) is 3.72. The maximum Gasteiger partial charge on any atom is 0.337 e. The van der Waals surface area contributed by atoms with Gasteiger partial charge in [-0.1, -0.05) is 36.4 Å². The number of hydrogen-bond donors (Lipinski definition) is 3. The third kappa shape index (κ3) is 8.07. The Labute approximate surface area is 205 Å². The van der Waals surface area contributed by atoms with E-state index < -0.39 is 5.97 Å². The number of nitrogens with one attached hydrogen (secondary N) is 1. The smallest absolute Gasteiger partial charge is 0.337 e. The van der Waals surface area contributed by atoms with E-state index in [1.807, 2.05) is 24.3 Å². The van der Waals surface area contributed by atoms with Crippen LogP contribution >= 0.6 is 0 Å². The molecule has 0 aliphatic carbocycles. The van der Waals surface area contributed by atoms with E-state index in [2.05, 4.69) is 29.6 Å². The van der Waals surface area contributed by atoms with Crippen molar-refractivity contribution in [3.63, 3.8) is 0 Å². The molecule has 0 fully saturated rings. The topological polar surface area (TPSA) is 111 Å². The summed E-state index contributed by atoms with van der Waals surface area (Å²) in [5, 5.41) is 11.9. The van der Waals surface area contributed by atoms with Gasteiger partial charge in [0.2, 0.25) is 5.91 Å². The summed E-state index contributed by atoms with van der Waals surface area (Å²) in [6, 6.07) is 20.5. The molecule has 0 spiro atoms. The van der Waals surface area contributed by atoms with Gasteiger partial charge >= 0.3 is 5.97 Å². The molecule has 0 heterocycles. The van der Waals surface area contributed by atoms with Gasteiger partial charge in [-0.05, 0) is 73.6 Å². The Balaban J connectivity index is 1.43. The number of unbranched alkanes of at least 4 members (excludes halogenated alkanes) is 2. The number of hydrogen-bond acceptors (Lipinski definition) is 5. The van der Waals surface area contributed by atoms with Crippen molar-refractivity contribution in [1.29, 1.82) is 0 Å². The lowest BCUT2D eigenvalue weighted by molar-refractivity contribution is -0.116. The quantitative estimate of drug-likeness (QED) is 0.227. The highest BCUT2D eigenvalue weighted by Crippen LogP contribution is 2.29. The average molecular weight is 477 g/mol. The number of carbonyl (C=O) groups is 2. The molecule has 0 saturated heterocycles. The van der Waals surface area contributed by atoms with E-state index in [0.29, 0.717) is 30.2 Å². The number of methoxy groups -OCH3 is 1. The molecule has 3 aromatic rings. The highest BCUT2D eigenvalue weighted by Gasteiger charge is 2.11. The van der Waals surface area contributed by atoms with Crippen molar-refractivity contribution in [1.82, 2.24) is 0 Å². The molecular weight excluding hydrogens is 444 g/mol. The summed E-state index contributed by atoms with van der Waals surface area (Å²) < 4.78 is 11.4. The number of aromatic carboxylic acids is 1. The number of anilines is 2. The van der Waals surface area contributed by atoms with Crippen LogP contribution in [0.1, 0.15) is 47.2 Å². The number of carbonyl (C=O) groups excluding carboxylic acids is 1. The molecular formula is C28H32N2O5. The maximum atomic E-state index is 12.3. The van der Waals surface area contributed by atoms with Crippen LogP contribution in [-0.2, 0) is 17.6 Å². The molecule has 7 nitrogen and oxygen atoms in total. The molecule has 0 unspecified atom stereocenters. The SMILES string of the molecule is COc1cc(CCC(=O)Nc2ccc(N)c(C(=O)O)c2)ccc1OCCCCCc1ccccc1. The predicted molar refractivity (Wildman–Crippen MR) is 137 cm³/mol. The van der Waals surface area contributed by atoms with Gasteiger partial charge in [0, 0.05) is 17.8 Å². The zero-order valence-corrected chi connectivity index (χ0v) is 20.0. The Morgan fingerprint density at radius 3 is 2.43 bits per heavy atom. The summed E-state index contributed by atoms with van der Waals surface area (Å²) in [5.41, 5.74) is 8.46. The second-order valence-corrected chi connectivity index (χ2v) is 8.29. The Kier molecular flexibility index (Phi) is 9.54. The number of rotatable bonds is 13. The summed E-state index contributed by atoms with van der Waals surface area (Å²) in [7, 11) is 1.60. The van der Waals surface area contributed by atoms with Crippen LogP contribution in [0.2, 0.25) is 0 Å². The highest BCUT2D eigenvalue weighted by atomic mass is 16.5. The van der Waals surface area contributed by atoms with Crippen LogP contribution in [0.15, 0.2) is 66.7 Å². The maximum absolute atomic E-state index is 12.3. The van der Waals surface area contributed by atoms with Crippen LogP contribution in [0.25, 0.3) is 0 Å². The van der Waals surface area contributed by atoms with E-state index in [9.17, 15) is 9.59 Å². The summed E-state index contributed by atoms with van der Waals surface area (Å²) >= 11 is 0. The van der Waals surface area contributed by atoms with Crippen molar-refractivity contribution >= 4 is 23.3 Å². The number of carboxylic acids is 1. The molecule has 3 rings (SSSR count). The monoisotopic (exact) mass is 476 g/mol. The molecule has 35 heavy (non-hydrogen) atoms. The zero-order valence-electron chi connectivity index (χ0n) is 20.0. The minimum absolute atomic E-state index is 0.0423. The van der Waals surface area contributed by atoms with Crippen molar-refractivity contribution in [2.75, 3.05) is 24.8 Å². The van der Waals surface area contributed by atoms with Gasteiger partial charge in [0.25, 0.3) is 0 Å². The molecule has 0 aliphatic heterocycles. The Morgan fingerprint density at radius 2 is 1.69 bits per heavy atom. The second-order valence-electron chi connectivity index (χ2n) is 8.29. The van der Waals surface area contributed by atoms with Gasteiger partial charge in [0.1, 0.15) is 0 Å². The Morgan fingerprint density at radius 1 is 0.886 bits per heavy atom. The largest absolute Gasteiger partial charge is 0.493 e. The fourth-order valence-electron chi connectivity index (χ4n) is 3.72. The van der Waals surface area contributed by atoms with Gasteiger partial charge in [-0.3, -0.25) is 4.79 Å². The lowest BCUT2D eigenvalue weighted by Gasteiger charge is -2.12. The van der Waals surface area contributed by atoms with Crippen molar-refractivity contribution in [3.8, 4) is 11.5 Å². The van der Waals surface area contributed by atoms with E-state index in [1.54, 1.807) is 13.2 Å². The fraction of sp³-hybridized carbons (Fsp3) is 0.286. The number of nitrogens with two attached hydrogens (primary N) is 1. The van der Waals surface area contributed by atoms with Gasteiger partial charge in [-0.25, -0.2) is 4.79 Å². The normalized spacial score (nSPS) is 10.5. The first kappa shape index (κ1) is 25.6. The molecule has 4 N–H and O–H groups in total. The molecule has 184 valence electrons. The predicted octanol–water partition coefficient (Wildman–Crippen LogP) is 5.34. The second kappa shape index (κ2) is 13.0. The lowest BCUT2D eigenvalue weighted by atomic mass is 10.1. The van der Waals surface area contributed by atoms with Gasteiger partial charge < -0.3 is 25.6 Å². The molecule has 1 amide bonds. The van der Waals surface area contributed by atoms with E-state index in [0.717, 1.165) is 31.2 Å². The number of carboxylic acid groups (broad SMARTS) is 1. The van der Waals surface area contributed by atoms with Crippen molar-refractivity contribution in [2.24, 2.45) is 0 Å². The van der Waals surface area contributed by atoms with Crippen molar-refractivity contribution in [2.45, 2.75) is 38.5 Å². The first-order valence-electron chi connectivity index (χ1n) is 11.7. The van der Waals surface area contributed by atoms with Gasteiger partial charge in [-0.2, -0.15) is 0 Å². The zero-order chi connectivity index (χ0) is 25.0. The Hall–Kier alpha value is -4.00. The van der Waals surface area contributed by atoms with Crippen LogP contribution in [0, 0.1) is 0 Å². The third-order valence-electron chi connectivity index (χ3n) is 5.65. The molecule has 0 bridgehead atoms. The molecule has 0 aliphatic rings. The van der Waals surface area contributed by atoms with E-state index in [4.69, 9.17) is 20.3 Å². The van der Waals surface area contributed by atoms with Crippen molar-refractivity contribution < 1.29 is 24.2 Å². The van der Waals surface area contributed by atoms with Crippen LogP contribution < -0.4 is 20.5 Å². The molecule has 0 aromatic heterocycles. The summed E-state index contributed by atoms with van der Waals surface area (Å²) in [6.07, 6.45) is 4.99. The van der Waals surface area contributed by atoms with Crippen LogP contribution in [0.5, 0.6) is 11.5 Å². The van der Waals surface area contributed by atoms with Crippen LogP contribution in [0.3, 0.4) is 0 Å². The summed E-state index contributed by atoms with van der Waals surface area (Å²) in [4.78, 5) is 23.6.